The molecule has 1 atom stereocenters. The smallest absolute Gasteiger partial charge is 0.234 e. The monoisotopic (exact) mass is 318 g/mol. The van der Waals surface area contributed by atoms with Crippen LogP contribution in [0.4, 0.5) is 4.39 Å². The van der Waals surface area contributed by atoms with Gasteiger partial charge in [-0.25, -0.2) is 4.39 Å². The Morgan fingerprint density at radius 2 is 2.04 bits per heavy atom. The molecule has 1 aromatic carbocycles. The van der Waals surface area contributed by atoms with Crippen molar-refractivity contribution in [3.05, 3.63) is 47.3 Å². The summed E-state index contributed by atoms with van der Waals surface area (Å²) >= 11 is 0. The van der Waals surface area contributed by atoms with Crippen LogP contribution >= 0.6 is 0 Å². The lowest BCUT2D eigenvalue weighted by atomic mass is 9.97. The second-order valence-corrected chi connectivity index (χ2v) is 6.35. The molecule has 0 aromatic heterocycles. The molecule has 1 amide bonds. The van der Waals surface area contributed by atoms with Crippen LogP contribution in [0.15, 0.2) is 35.9 Å². The van der Waals surface area contributed by atoms with Crippen LogP contribution in [0.3, 0.4) is 0 Å². The zero-order chi connectivity index (χ0) is 16.7. The van der Waals surface area contributed by atoms with Gasteiger partial charge in [0, 0.05) is 12.6 Å². The first-order chi connectivity index (χ1) is 11.1. The highest BCUT2D eigenvalue weighted by Crippen LogP contribution is 2.20. The van der Waals surface area contributed by atoms with Gasteiger partial charge in [0.15, 0.2) is 0 Å². The van der Waals surface area contributed by atoms with Gasteiger partial charge in [0.25, 0.3) is 0 Å². The number of hydrogen-bond acceptors (Lipinski definition) is 2. The van der Waals surface area contributed by atoms with Gasteiger partial charge in [-0.1, -0.05) is 23.8 Å². The predicted octanol–water partition coefficient (Wildman–Crippen LogP) is 3.83. The summed E-state index contributed by atoms with van der Waals surface area (Å²) in [5, 5.41) is 2.99. The fraction of sp³-hybridized carbons (Fsp3) is 0.526. The summed E-state index contributed by atoms with van der Waals surface area (Å²) in [6.07, 6.45) is 8.21. The lowest BCUT2D eigenvalue weighted by Crippen LogP contribution is -2.36. The number of carbonyl (C=O) groups excluding carboxylic acids is 1. The van der Waals surface area contributed by atoms with Crippen molar-refractivity contribution in [3.63, 3.8) is 0 Å². The van der Waals surface area contributed by atoms with Crippen LogP contribution in [0.1, 0.15) is 50.6 Å². The first kappa shape index (κ1) is 17.7. The summed E-state index contributed by atoms with van der Waals surface area (Å²) in [5.74, 6) is -0.198. The van der Waals surface area contributed by atoms with E-state index in [0.717, 1.165) is 12.0 Å². The molecule has 2 rings (SSSR count). The summed E-state index contributed by atoms with van der Waals surface area (Å²) in [5.41, 5.74) is 2.48. The molecule has 1 aliphatic carbocycles. The van der Waals surface area contributed by atoms with Crippen molar-refractivity contribution in [2.75, 3.05) is 20.1 Å². The molecule has 0 radical (unpaired) electrons. The number of amides is 1. The molecule has 0 fully saturated rings. The van der Waals surface area contributed by atoms with Crippen LogP contribution in [0, 0.1) is 5.82 Å². The van der Waals surface area contributed by atoms with Crippen molar-refractivity contribution in [3.8, 4) is 0 Å². The van der Waals surface area contributed by atoms with Gasteiger partial charge < -0.3 is 5.32 Å². The van der Waals surface area contributed by atoms with Gasteiger partial charge in [-0.2, -0.15) is 0 Å². The van der Waals surface area contributed by atoms with Crippen molar-refractivity contribution in [1.82, 2.24) is 10.2 Å². The van der Waals surface area contributed by atoms with Crippen LogP contribution in [-0.2, 0) is 4.79 Å². The van der Waals surface area contributed by atoms with E-state index in [9.17, 15) is 9.18 Å². The molecule has 1 N–H and O–H groups in total. The molecule has 1 aliphatic rings. The Morgan fingerprint density at radius 3 is 2.70 bits per heavy atom. The fourth-order valence-corrected chi connectivity index (χ4v) is 2.91. The van der Waals surface area contributed by atoms with Crippen LogP contribution in [0.5, 0.6) is 0 Å². The summed E-state index contributed by atoms with van der Waals surface area (Å²) in [7, 11) is 1.91. The van der Waals surface area contributed by atoms with Gasteiger partial charge in [-0.3, -0.25) is 9.69 Å². The molecule has 0 saturated heterocycles. The summed E-state index contributed by atoms with van der Waals surface area (Å²) in [6, 6.07) is 6.52. The Bertz CT molecular complexity index is 539. The quantitative estimate of drug-likeness (QED) is 0.775. The number of halogens is 1. The number of benzene rings is 1. The van der Waals surface area contributed by atoms with Crippen LogP contribution in [-0.4, -0.2) is 30.9 Å². The van der Waals surface area contributed by atoms with Crippen LogP contribution in [0.2, 0.25) is 0 Å². The minimum absolute atomic E-state index is 0.0397. The number of rotatable bonds is 7. The summed E-state index contributed by atoms with van der Waals surface area (Å²) in [4.78, 5) is 14.0. The number of carbonyl (C=O) groups is 1. The van der Waals surface area contributed by atoms with E-state index in [1.54, 1.807) is 12.1 Å². The molecule has 126 valence electrons. The number of hydrogen-bond donors (Lipinski definition) is 1. The van der Waals surface area contributed by atoms with E-state index in [-0.39, 0.29) is 17.8 Å². The third-order valence-electron chi connectivity index (χ3n) is 4.56. The molecule has 1 unspecified atom stereocenters. The Hall–Kier alpha value is -1.68. The highest BCUT2D eigenvalue weighted by Gasteiger charge is 2.15. The zero-order valence-electron chi connectivity index (χ0n) is 14.1. The topological polar surface area (TPSA) is 32.3 Å². The molecule has 3 nitrogen and oxygen atoms in total. The molecule has 4 heteroatoms. The maximum atomic E-state index is 13.0. The summed E-state index contributed by atoms with van der Waals surface area (Å²) < 4.78 is 13.0. The number of likely N-dealkylation sites (N-methyl/N-ethyl adjacent to an activating group) is 1. The van der Waals surface area contributed by atoms with E-state index in [1.165, 1.54) is 43.4 Å². The predicted molar refractivity (Wildman–Crippen MR) is 91.6 cm³/mol. The van der Waals surface area contributed by atoms with Crippen LogP contribution in [0.25, 0.3) is 0 Å². The maximum absolute atomic E-state index is 13.0. The second kappa shape index (κ2) is 8.82. The Labute approximate surface area is 138 Å². The van der Waals surface area contributed by atoms with Gasteiger partial charge in [-0.05, 0) is 63.8 Å². The van der Waals surface area contributed by atoms with Crippen molar-refractivity contribution < 1.29 is 9.18 Å². The number of nitrogens with zero attached hydrogens (tertiary/aromatic N) is 1. The molecule has 0 bridgehead atoms. The minimum atomic E-state index is -0.238. The Balaban J connectivity index is 1.73. The van der Waals surface area contributed by atoms with Gasteiger partial charge in [0.05, 0.1) is 6.54 Å². The number of allylic oxidation sites excluding steroid dienone is 1. The van der Waals surface area contributed by atoms with E-state index in [2.05, 4.69) is 11.4 Å². The van der Waals surface area contributed by atoms with Gasteiger partial charge >= 0.3 is 0 Å². The molecular weight excluding hydrogens is 291 g/mol. The maximum Gasteiger partial charge on any atom is 0.234 e. The van der Waals surface area contributed by atoms with E-state index < -0.39 is 0 Å². The highest BCUT2D eigenvalue weighted by atomic mass is 19.1. The largest absolute Gasteiger partial charge is 0.355 e. The van der Waals surface area contributed by atoms with Crippen LogP contribution < -0.4 is 5.32 Å². The zero-order valence-corrected chi connectivity index (χ0v) is 14.1. The summed E-state index contributed by atoms with van der Waals surface area (Å²) in [6.45, 7) is 3.08. The lowest BCUT2D eigenvalue weighted by Gasteiger charge is -2.24. The van der Waals surface area contributed by atoms with Crippen molar-refractivity contribution in [1.29, 1.82) is 0 Å². The molecule has 0 spiro atoms. The van der Waals surface area contributed by atoms with Gasteiger partial charge in [-0.15, -0.1) is 0 Å². The molecule has 1 aromatic rings. The third-order valence-corrected chi connectivity index (χ3v) is 4.56. The highest BCUT2D eigenvalue weighted by molar-refractivity contribution is 5.78. The van der Waals surface area contributed by atoms with Gasteiger partial charge in [0.2, 0.25) is 5.91 Å². The first-order valence-corrected chi connectivity index (χ1v) is 8.46. The van der Waals surface area contributed by atoms with Crippen molar-refractivity contribution in [2.24, 2.45) is 0 Å². The average molecular weight is 318 g/mol. The molecule has 0 heterocycles. The number of nitrogens with one attached hydrogen (secondary N) is 1. The SMILES string of the molecule is CC(c1ccc(F)cc1)N(C)CC(=O)NCCC1=CCCCC1. The standard InChI is InChI=1S/C19H27FN2O/c1-15(17-8-10-18(20)11-9-17)22(2)14-19(23)21-13-12-16-6-4-3-5-7-16/h6,8-11,15H,3-5,7,12-14H2,1-2H3,(H,21,23). The van der Waals surface area contributed by atoms with E-state index >= 15 is 0 Å². The van der Waals surface area contributed by atoms with E-state index in [0.29, 0.717) is 13.1 Å². The Morgan fingerprint density at radius 1 is 1.30 bits per heavy atom. The van der Waals surface area contributed by atoms with Gasteiger partial charge in [0.1, 0.15) is 5.82 Å². The second-order valence-electron chi connectivity index (χ2n) is 6.35. The molecule has 0 aliphatic heterocycles. The van der Waals surface area contributed by atoms with E-state index in [4.69, 9.17) is 0 Å². The van der Waals surface area contributed by atoms with Crippen molar-refractivity contribution in [2.45, 2.75) is 45.1 Å². The molecular formula is C19H27FN2O. The normalized spacial score (nSPS) is 16.1. The lowest BCUT2D eigenvalue weighted by molar-refractivity contribution is -0.122. The van der Waals surface area contributed by atoms with Crippen molar-refractivity contribution >= 4 is 5.91 Å². The van der Waals surface area contributed by atoms with E-state index in [1.807, 2.05) is 18.9 Å². The minimum Gasteiger partial charge on any atom is -0.355 e. The Kier molecular flexibility index (Phi) is 6.78. The fourth-order valence-electron chi connectivity index (χ4n) is 2.91. The molecule has 23 heavy (non-hydrogen) atoms. The average Bonchev–Trinajstić information content (AvgIpc) is 2.56. The molecule has 0 saturated carbocycles. The third kappa shape index (κ3) is 5.79. The first-order valence-electron chi connectivity index (χ1n) is 8.46.